The van der Waals surface area contributed by atoms with Gasteiger partial charge >= 0.3 is 0 Å². The van der Waals surface area contributed by atoms with E-state index in [-0.39, 0.29) is 0 Å². The molecule has 1 aliphatic carbocycles. The van der Waals surface area contributed by atoms with Crippen molar-refractivity contribution in [1.29, 1.82) is 0 Å². The van der Waals surface area contributed by atoms with Crippen LogP contribution in [-0.4, -0.2) is 4.98 Å². The van der Waals surface area contributed by atoms with Crippen molar-refractivity contribution in [2.24, 2.45) is 0 Å². The average Bonchev–Trinajstić information content (AvgIpc) is 3.39. The molecular formula is C31H20BrN. The smallest absolute Gasteiger partial charge is 0.0744 e. The van der Waals surface area contributed by atoms with Crippen LogP contribution in [0.25, 0.3) is 32.9 Å². The molecule has 0 spiro atoms. The summed E-state index contributed by atoms with van der Waals surface area (Å²) < 4.78 is 1.12. The monoisotopic (exact) mass is 485 g/mol. The van der Waals surface area contributed by atoms with Crippen LogP contribution >= 0.6 is 15.9 Å². The van der Waals surface area contributed by atoms with E-state index in [1.807, 2.05) is 0 Å². The number of benzene rings is 5. The van der Waals surface area contributed by atoms with E-state index >= 15 is 0 Å². The first-order valence-electron chi connectivity index (χ1n) is 11.2. The summed E-state index contributed by atoms with van der Waals surface area (Å²) in [5, 5.41) is 2.52. The Morgan fingerprint density at radius 3 is 1.76 bits per heavy atom. The third kappa shape index (κ3) is 2.42. The highest BCUT2D eigenvalue weighted by molar-refractivity contribution is 9.10. The van der Waals surface area contributed by atoms with Crippen molar-refractivity contribution in [2.45, 2.75) is 5.41 Å². The highest BCUT2D eigenvalue weighted by atomic mass is 79.9. The van der Waals surface area contributed by atoms with Crippen molar-refractivity contribution < 1.29 is 0 Å². The number of hydrogen-bond acceptors (Lipinski definition) is 0. The second-order valence-electron chi connectivity index (χ2n) is 8.72. The third-order valence-electron chi connectivity index (χ3n) is 7.18. The molecule has 7 rings (SSSR count). The van der Waals surface area contributed by atoms with Gasteiger partial charge in [-0.05, 0) is 45.5 Å². The first-order chi connectivity index (χ1) is 16.3. The van der Waals surface area contributed by atoms with Crippen LogP contribution < -0.4 is 0 Å². The number of aromatic amines is 1. The van der Waals surface area contributed by atoms with Gasteiger partial charge in [-0.3, -0.25) is 0 Å². The fraction of sp³-hybridized carbons (Fsp3) is 0.0323. The summed E-state index contributed by atoms with van der Waals surface area (Å²) in [6.45, 7) is 0. The van der Waals surface area contributed by atoms with Crippen LogP contribution in [0.5, 0.6) is 0 Å². The highest BCUT2D eigenvalue weighted by Gasteiger charge is 2.47. The number of aromatic nitrogens is 1. The summed E-state index contributed by atoms with van der Waals surface area (Å²) in [5.74, 6) is 0. The molecule has 0 fully saturated rings. The molecule has 156 valence electrons. The van der Waals surface area contributed by atoms with Gasteiger partial charge in [0.2, 0.25) is 0 Å². The minimum atomic E-state index is -0.437. The fourth-order valence-corrected chi connectivity index (χ4v) is 6.49. The van der Waals surface area contributed by atoms with Gasteiger partial charge in [-0.25, -0.2) is 0 Å². The summed E-state index contributed by atoms with van der Waals surface area (Å²) in [4.78, 5) is 3.78. The summed E-state index contributed by atoms with van der Waals surface area (Å²) >= 11 is 3.93. The molecule has 1 aromatic heterocycles. The molecular weight excluding hydrogens is 466 g/mol. The first kappa shape index (κ1) is 18.9. The molecule has 0 aliphatic heterocycles. The van der Waals surface area contributed by atoms with Crippen molar-refractivity contribution in [3.63, 3.8) is 0 Å². The summed E-state index contributed by atoms with van der Waals surface area (Å²) in [7, 11) is 0. The minimum absolute atomic E-state index is 0.437. The lowest BCUT2D eigenvalue weighted by Crippen LogP contribution is -2.29. The number of halogens is 1. The van der Waals surface area contributed by atoms with Crippen LogP contribution in [0, 0.1) is 0 Å². The molecule has 2 heteroatoms. The quantitative estimate of drug-likeness (QED) is 0.252. The number of fused-ring (bicyclic) bond motifs is 6. The maximum absolute atomic E-state index is 3.93. The van der Waals surface area contributed by atoms with Crippen LogP contribution in [0.2, 0.25) is 0 Å². The lowest BCUT2D eigenvalue weighted by Gasteiger charge is -2.35. The standard InChI is InChI=1S/C31H20BrN/c32-28-18-7-6-16-26(28)31(24-14-4-1-10-20(24)21-11-2-5-15-25(21)31)27-17-9-13-23-22-12-3-8-19-29(22)33-30(23)27/h1-19,33H. The molecule has 1 aliphatic rings. The maximum atomic E-state index is 3.93. The van der Waals surface area contributed by atoms with Crippen LogP contribution in [0.3, 0.4) is 0 Å². The van der Waals surface area contributed by atoms with E-state index in [9.17, 15) is 0 Å². The van der Waals surface area contributed by atoms with Gasteiger partial charge in [0.1, 0.15) is 0 Å². The zero-order chi connectivity index (χ0) is 22.0. The molecule has 5 aromatic carbocycles. The molecule has 0 saturated heterocycles. The second-order valence-corrected chi connectivity index (χ2v) is 9.57. The fourth-order valence-electron chi connectivity index (χ4n) is 5.91. The van der Waals surface area contributed by atoms with Crippen molar-refractivity contribution in [2.75, 3.05) is 0 Å². The molecule has 1 heterocycles. The summed E-state index contributed by atoms with van der Waals surface area (Å²) in [5.41, 5.74) is 9.72. The molecule has 0 saturated carbocycles. The van der Waals surface area contributed by atoms with Crippen LogP contribution in [0.4, 0.5) is 0 Å². The number of para-hydroxylation sites is 2. The van der Waals surface area contributed by atoms with Gasteiger partial charge in [0, 0.05) is 20.8 Å². The van der Waals surface area contributed by atoms with Gasteiger partial charge < -0.3 is 4.98 Å². The Kier molecular flexibility index (Phi) is 3.97. The summed E-state index contributed by atoms with van der Waals surface area (Å²) in [6.07, 6.45) is 0. The number of rotatable bonds is 2. The van der Waals surface area contributed by atoms with Crippen molar-refractivity contribution in [1.82, 2.24) is 4.98 Å². The van der Waals surface area contributed by atoms with E-state index in [4.69, 9.17) is 0 Å². The maximum Gasteiger partial charge on any atom is 0.0744 e. The third-order valence-corrected chi connectivity index (χ3v) is 7.87. The van der Waals surface area contributed by atoms with Crippen molar-refractivity contribution in [3.8, 4) is 11.1 Å². The first-order valence-corrected chi connectivity index (χ1v) is 12.0. The van der Waals surface area contributed by atoms with Gasteiger partial charge in [0.25, 0.3) is 0 Å². The number of H-pyrrole nitrogens is 1. The van der Waals surface area contributed by atoms with E-state index in [1.54, 1.807) is 0 Å². The van der Waals surface area contributed by atoms with Gasteiger partial charge in [-0.1, -0.05) is 119 Å². The van der Waals surface area contributed by atoms with E-state index in [2.05, 4.69) is 136 Å². The van der Waals surface area contributed by atoms with Crippen LogP contribution in [0.1, 0.15) is 22.3 Å². The lowest BCUT2D eigenvalue weighted by molar-refractivity contribution is 0.770. The van der Waals surface area contributed by atoms with Crippen molar-refractivity contribution in [3.05, 3.63) is 142 Å². The zero-order valence-corrected chi connectivity index (χ0v) is 19.4. The molecule has 0 radical (unpaired) electrons. The Morgan fingerprint density at radius 1 is 0.485 bits per heavy atom. The van der Waals surface area contributed by atoms with Gasteiger partial charge in [0.15, 0.2) is 0 Å². The van der Waals surface area contributed by atoms with E-state index in [0.29, 0.717) is 0 Å². The zero-order valence-electron chi connectivity index (χ0n) is 17.8. The molecule has 0 atom stereocenters. The predicted octanol–water partition coefficient (Wildman–Crippen LogP) is 8.45. The second kappa shape index (κ2) is 6.94. The predicted molar refractivity (Wildman–Crippen MR) is 141 cm³/mol. The van der Waals surface area contributed by atoms with Gasteiger partial charge in [0.05, 0.1) is 10.9 Å². The van der Waals surface area contributed by atoms with Crippen LogP contribution in [-0.2, 0) is 5.41 Å². The summed E-state index contributed by atoms with van der Waals surface area (Å²) in [6, 6.07) is 41.8. The van der Waals surface area contributed by atoms with Crippen LogP contribution in [0.15, 0.2) is 120 Å². The molecule has 1 N–H and O–H groups in total. The van der Waals surface area contributed by atoms with Gasteiger partial charge in [-0.2, -0.15) is 0 Å². The molecule has 0 unspecified atom stereocenters. The average molecular weight is 486 g/mol. The van der Waals surface area contributed by atoms with E-state index in [0.717, 1.165) is 4.47 Å². The molecule has 1 nitrogen and oxygen atoms in total. The highest BCUT2D eigenvalue weighted by Crippen LogP contribution is 2.58. The van der Waals surface area contributed by atoms with E-state index in [1.165, 1.54) is 55.2 Å². The molecule has 6 aromatic rings. The lowest BCUT2D eigenvalue weighted by atomic mass is 9.67. The normalized spacial score (nSPS) is 13.8. The Hall–Kier alpha value is -3.62. The largest absolute Gasteiger partial charge is 0.354 e. The topological polar surface area (TPSA) is 15.8 Å². The molecule has 0 amide bonds. The Labute approximate surface area is 200 Å². The van der Waals surface area contributed by atoms with Gasteiger partial charge in [-0.15, -0.1) is 0 Å². The minimum Gasteiger partial charge on any atom is -0.354 e. The molecule has 33 heavy (non-hydrogen) atoms. The number of nitrogens with one attached hydrogen (secondary N) is 1. The Bertz CT molecular complexity index is 1650. The SMILES string of the molecule is Brc1ccccc1C1(c2cccc3c2[nH]c2ccccc23)c2ccccc2-c2ccccc21. The number of hydrogen-bond donors (Lipinski definition) is 1. The molecule has 0 bridgehead atoms. The van der Waals surface area contributed by atoms with E-state index < -0.39 is 5.41 Å². The van der Waals surface area contributed by atoms with Crippen molar-refractivity contribution >= 4 is 37.7 Å². The Balaban J connectivity index is 1.73. The Morgan fingerprint density at radius 2 is 1.03 bits per heavy atom.